The van der Waals surface area contributed by atoms with Gasteiger partial charge in [-0.15, -0.1) is 0 Å². The van der Waals surface area contributed by atoms with E-state index in [-0.39, 0.29) is 5.91 Å². The van der Waals surface area contributed by atoms with Crippen LogP contribution in [0.2, 0.25) is 0 Å². The summed E-state index contributed by atoms with van der Waals surface area (Å²) in [5.41, 5.74) is 0. The molecule has 0 unspecified atom stereocenters. The zero-order valence-electron chi connectivity index (χ0n) is 8.88. The van der Waals surface area contributed by atoms with Crippen molar-refractivity contribution in [3.8, 4) is 0 Å². The van der Waals surface area contributed by atoms with E-state index in [1.165, 1.54) is 25.7 Å². The molecular weight excluding hydrogens is 176 g/mol. The van der Waals surface area contributed by atoms with Gasteiger partial charge in [0.15, 0.2) is 0 Å². The largest absolute Gasteiger partial charge is 0.354 e. The number of nitrogens with one attached hydrogen (secondary N) is 2. The molecular formula is C11H20N2O. The molecule has 2 aliphatic rings. The molecule has 0 radical (unpaired) electrons. The molecule has 0 spiro atoms. The van der Waals surface area contributed by atoms with Crippen LogP contribution in [0, 0.1) is 0 Å². The molecule has 3 heteroatoms. The lowest BCUT2D eigenvalue weighted by atomic mass is 9.91. The molecule has 2 fully saturated rings. The van der Waals surface area contributed by atoms with Gasteiger partial charge in [0.25, 0.3) is 0 Å². The minimum atomic E-state index is 0.114. The SMILES string of the molecule is CC(=O)NC1CCC(NC2CC2)CC1. The van der Waals surface area contributed by atoms with Gasteiger partial charge in [-0.3, -0.25) is 4.79 Å². The molecule has 2 aliphatic carbocycles. The van der Waals surface area contributed by atoms with Gasteiger partial charge in [-0.2, -0.15) is 0 Å². The quantitative estimate of drug-likeness (QED) is 0.712. The second-order valence-electron chi connectivity index (χ2n) is 4.69. The first kappa shape index (κ1) is 9.97. The van der Waals surface area contributed by atoms with Crippen LogP contribution in [-0.4, -0.2) is 24.0 Å². The monoisotopic (exact) mass is 196 g/mol. The summed E-state index contributed by atoms with van der Waals surface area (Å²) in [4.78, 5) is 10.9. The Bertz CT molecular complexity index is 205. The molecule has 0 aromatic rings. The van der Waals surface area contributed by atoms with Crippen LogP contribution in [0.1, 0.15) is 45.4 Å². The lowest BCUT2D eigenvalue weighted by Gasteiger charge is -2.29. The van der Waals surface area contributed by atoms with Crippen molar-refractivity contribution in [2.75, 3.05) is 0 Å². The number of hydrogen-bond donors (Lipinski definition) is 2. The first-order valence-electron chi connectivity index (χ1n) is 5.77. The van der Waals surface area contributed by atoms with Gasteiger partial charge in [0, 0.05) is 25.0 Å². The molecule has 0 aliphatic heterocycles. The van der Waals surface area contributed by atoms with Crippen molar-refractivity contribution < 1.29 is 4.79 Å². The highest BCUT2D eigenvalue weighted by atomic mass is 16.1. The molecule has 0 aromatic carbocycles. The molecule has 2 saturated carbocycles. The number of carbonyl (C=O) groups excluding carboxylic acids is 1. The second kappa shape index (κ2) is 4.30. The van der Waals surface area contributed by atoms with Gasteiger partial charge in [-0.25, -0.2) is 0 Å². The van der Waals surface area contributed by atoms with Gasteiger partial charge >= 0.3 is 0 Å². The van der Waals surface area contributed by atoms with Crippen LogP contribution in [0.3, 0.4) is 0 Å². The highest BCUT2D eigenvalue weighted by Gasteiger charge is 2.27. The van der Waals surface area contributed by atoms with Crippen LogP contribution in [-0.2, 0) is 4.79 Å². The standard InChI is InChI=1S/C11H20N2O/c1-8(14)12-9-2-4-10(5-3-9)13-11-6-7-11/h9-11,13H,2-7H2,1H3,(H,12,14). The summed E-state index contributed by atoms with van der Waals surface area (Å²) in [5, 5.41) is 6.66. The Hall–Kier alpha value is -0.570. The fourth-order valence-electron chi connectivity index (χ4n) is 2.28. The first-order valence-corrected chi connectivity index (χ1v) is 5.77. The molecule has 2 N–H and O–H groups in total. The molecule has 2 rings (SSSR count). The van der Waals surface area contributed by atoms with Gasteiger partial charge in [0.1, 0.15) is 0 Å². The molecule has 0 aromatic heterocycles. The van der Waals surface area contributed by atoms with Crippen LogP contribution in [0.4, 0.5) is 0 Å². The molecule has 0 bridgehead atoms. The number of hydrogen-bond acceptors (Lipinski definition) is 2. The van der Waals surface area contributed by atoms with E-state index in [4.69, 9.17) is 0 Å². The van der Waals surface area contributed by atoms with Crippen molar-refractivity contribution in [1.29, 1.82) is 0 Å². The summed E-state index contributed by atoms with van der Waals surface area (Å²) < 4.78 is 0. The average Bonchev–Trinajstić information content (AvgIpc) is 2.91. The Morgan fingerprint density at radius 3 is 1.79 bits per heavy atom. The van der Waals surface area contributed by atoms with Gasteiger partial charge in [-0.1, -0.05) is 0 Å². The van der Waals surface area contributed by atoms with Crippen molar-refractivity contribution in [2.24, 2.45) is 0 Å². The zero-order valence-corrected chi connectivity index (χ0v) is 8.88. The van der Waals surface area contributed by atoms with E-state index < -0.39 is 0 Å². The summed E-state index contributed by atoms with van der Waals surface area (Å²) in [6.07, 6.45) is 7.47. The molecule has 0 atom stereocenters. The minimum Gasteiger partial charge on any atom is -0.354 e. The fourth-order valence-corrected chi connectivity index (χ4v) is 2.28. The minimum absolute atomic E-state index is 0.114. The van der Waals surface area contributed by atoms with E-state index in [0.717, 1.165) is 18.9 Å². The Morgan fingerprint density at radius 2 is 1.36 bits per heavy atom. The second-order valence-corrected chi connectivity index (χ2v) is 4.69. The van der Waals surface area contributed by atoms with Crippen molar-refractivity contribution in [2.45, 2.75) is 63.6 Å². The van der Waals surface area contributed by atoms with Crippen LogP contribution >= 0.6 is 0 Å². The van der Waals surface area contributed by atoms with E-state index in [1.807, 2.05) is 0 Å². The van der Waals surface area contributed by atoms with Gasteiger partial charge in [-0.05, 0) is 38.5 Å². The van der Waals surface area contributed by atoms with Crippen LogP contribution in [0.25, 0.3) is 0 Å². The smallest absolute Gasteiger partial charge is 0.217 e. The maximum atomic E-state index is 10.9. The molecule has 0 saturated heterocycles. The summed E-state index contributed by atoms with van der Waals surface area (Å²) in [7, 11) is 0. The Morgan fingerprint density at radius 1 is 0.929 bits per heavy atom. The maximum Gasteiger partial charge on any atom is 0.217 e. The van der Waals surface area contributed by atoms with Gasteiger partial charge in [0.2, 0.25) is 5.91 Å². The highest BCUT2D eigenvalue weighted by Crippen LogP contribution is 2.24. The fraction of sp³-hybridized carbons (Fsp3) is 0.909. The van der Waals surface area contributed by atoms with E-state index in [2.05, 4.69) is 10.6 Å². The van der Waals surface area contributed by atoms with Gasteiger partial charge < -0.3 is 10.6 Å². The Kier molecular flexibility index (Phi) is 3.06. The topological polar surface area (TPSA) is 41.1 Å². The van der Waals surface area contributed by atoms with Crippen molar-refractivity contribution in [3.63, 3.8) is 0 Å². The molecule has 3 nitrogen and oxygen atoms in total. The summed E-state index contributed by atoms with van der Waals surface area (Å²) in [5.74, 6) is 0.114. The molecule has 80 valence electrons. The van der Waals surface area contributed by atoms with Crippen LogP contribution in [0.15, 0.2) is 0 Å². The Balaban J connectivity index is 1.66. The normalized spacial score (nSPS) is 32.6. The van der Waals surface area contributed by atoms with Crippen molar-refractivity contribution in [1.82, 2.24) is 10.6 Å². The summed E-state index contributed by atoms with van der Waals surface area (Å²) >= 11 is 0. The number of rotatable bonds is 3. The lowest BCUT2D eigenvalue weighted by Crippen LogP contribution is -2.42. The third kappa shape index (κ3) is 2.98. The van der Waals surface area contributed by atoms with Crippen LogP contribution < -0.4 is 10.6 Å². The van der Waals surface area contributed by atoms with E-state index in [0.29, 0.717) is 12.1 Å². The third-order valence-electron chi connectivity index (χ3n) is 3.18. The number of amides is 1. The van der Waals surface area contributed by atoms with E-state index >= 15 is 0 Å². The molecule has 0 heterocycles. The molecule has 14 heavy (non-hydrogen) atoms. The third-order valence-corrected chi connectivity index (χ3v) is 3.18. The van der Waals surface area contributed by atoms with Gasteiger partial charge in [0.05, 0.1) is 0 Å². The predicted molar refractivity (Wildman–Crippen MR) is 56.0 cm³/mol. The van der Waals surface area contributed by atoms with Crippen molar-refractivity contribution in [3.05, 3.63) is 0 Å². The van der Waals surface area contributed by atoms with E-state index in [9.17, 15) is 4.79 Å². The summed E-state index contributed by atoms with van der Waals surface area (Å²) in [6.45, 7) is 1.61. The average molecular weight is 196 g/mol. The zero-order chi connectivity index (χ0) is 9.97. The first-order chi connectivity index (χ1) is 6.74. The van der Waals surface area contributed by atoms with E-state index in [1.54, 1.807) is 6.92 Å². The Labute approximate surface area is 85.6 Å². The van der Waals surface area contributed by atoms with Crippen LogP contribution in [0.5, 0.6) is 0 Å². The predicted octanol–water partition coefficient (Wildman–Crippen LogP) is 1.19. The highest BCUT2D eigenvalue weighted by molar-refractivity contribution is 5.73. The van der Waals surface area contributed by atoms with Crippen molar-refractivity contribution >= 4 is 5.91 Å². The molecule has 1 amide bonds. The summed E-state index contributed by atoms with van der Waals surface area (Å²) in [6, 6.07) is 1.97. The lowest BCUT2D eigenvalue weighted by molar-refractivity contribution is -0.119. The number of carbonyl (C=O) groups is 1. The maximum absolute atomic E-state index is 10.9.